The van der Waals surface area contributed by atoms with Gasteiger partial charge in [0.25, 0.3) is 5.91 Å². The molecule has 5 heteroatoms. The number of rotatable bonds is 14. The molecule has 166 valence electrons. The molecule has 1 amide bonds. The molecule has 0 aromatic heterocycles. The van der Waals surface area contributed by atoms with Gasteiger partial charge in [0.15, 0.2) is 0 Å². The van der Waals surface area contributed by atoms with E-state index in [9.17, 15) is 4.79 Å². The van der Waals surface area contributed by atoms with E-state index >= 15 is 0 Å². The molecule has 0 radical (unpaired) electrons. The lowest BCUT2D eigenvalue weighted by atomic mass is 9.83. The summed E-state index contributed by atoms with van der Waals surface area (Å²) in [5, 5.41) is 3.07. The highest BCUT2D eigenvalue weighted by Crippen LogP contribution is 2.31. The number of hydrogen-bond acceptors (Lipinski definition) is 4. The topological polar surface area (TPSA) is 50.8 Å². The molecule has 1 N–H and O–H groups in total. The van der Waals surface area contributed by atoms with Crippen molar-refractivity contribution in [2.24, 2.45) is 11.8 Å². The fourth-order valence-corrected chi connectivity index (χ4v) is 3.76. The maximum Gasteiger partial charge on any atom is 0.256 e. The number of ether oxygens (including phenoxy) is 2. The maximum absolute atomic E-state index is 13.2. The Balaban J connectivity index is 2.78. The number of carbonyl (C=O) groups is 1. The number of benzene rings is 1. The minimum Gasteiger partial charge on any atom is -0.492 e. The van der Waals surface area contributed by atoms with E-state index in [1.165, 1.54) is 0 Å². The van der Waals surface area contributed by atoms with Gasteiger partial charge in [-0.2, -0.15) is 0 Å². The third-order valence-electron chi connectivity index (χ3n) is 4.99. The first-order chi connectivity index (χ1) is 13.8. The Labute approximate surface area is 178 Å². The quantitative estimate of drug-likeness (QED) is 0.461. The molecule has 1 rings (SSSR count). The lowest BCUT2D eigenvalue weighted by Crippen LogP contribution is -2.47. The molecule has 0 bridgehead atoms. The van der Waals surface area contributed by atoms with Crippen LogP contribution in [0.3, 0.4) is 0 Å². The van der Waals surface area contributed by atoms with Gasteiger partial charge in [0.1, 0.15) is 18.0 Å². The summed E-state index contributed by atoms with van der Waals surface area (Å²) in [5.74, 6) is 1.49. The van der Waals surface area contributed by atoms with E-state index in [1.54, 1.807) is 0 Å². The van der Waals surface area contributed by atoms with Crippen LogP contribution in [0.5, 0.6) is 5.75 Å². The minimum atomic E-state index is -0.796. The van der Waals surface area contributed by atoms with Gasteiger partial charge in [0, 0.05) is 18.8 Å². The summed E-state index contributed by atoms with van der Waals surface area (Å²) in [5.41, 5.74) is -0.0292. The molecule has 0 unspecified atom stereocenters. The van der Waals surface area contributed by atoms with Crippen molar-refractivity contribution < 1.29 is 14.3 Å². The highest BCUT2D eigenvalue weighted by atomic mass is 16.5. The van der Waals surface area contributed by atoms with Crippen molar-refractivity contribution in [1.82, 2.24) is 4.90 Å². The molecule has 0 aliphatic rings. The van der Waals surface area contributed by atoms with Gasteiger partial charge in [-0.1, -0.05) is 41.5 Å². The summed E-state index contributed by atoms with van der Waals surface area (Å²) in [6, 6.07) is 7.61. The van der Waals surface area contributed by atoms with Gasteiger partial charge < -0.3 is 19.7 Å². The van der Waals surface area contributed by atoms with E-state index in [4.69, 9.17) is 9.47 Å². The predicted octanol–water partition coefficient (Wildman–Crippen LogP) is 5.21. The molecular formula is C24H42N2O3. The zero-order valence-electron chi connectivity index (χ0n) is 19.6. The van der Waals surface area contributed by atoms with Crippen LogP contribution in [0, 0.1) is 11.8 Å². The zero-order chi connectivity index (χ0) is 21.9. The molecule has 0 fully saturated rings. The Morgan fingerprint density at radius 2 is 1.55 bits per heavy atom. The molecule has 5 nitrogen and oxygen atoms in total. The second kappa shape index (κ2) is 12.9. The van der Waals surface area contributed by atoms with Crippen molar-refractivity contribution in [3.05, 3.63) is 24.3 Å². The Hall–Kier alpha value is -1.59. The number of amides is 1. The molecule has 0 saturated heterocycles. The van der Waals surface area contributed by atoms with Crippen LogP contribution < -0.4 is 10.1 Å². The van der Waals surface area contributed by atoms with Crippen LogP contribution in [-0.2, 0) is 9.53 Å². The first-order valence-electron chi connectivity index (χ1n) is 11.2. The summed E-state index contributed by atoms with van der Waals surface area (Å²) in [4.78, 5) is 15.5. The molecule has 0 saturated carbocycles. The van der Waals surface area contributed by atoms with E-state index < -0.39 is 5.60 Å². The second-order valence-corrected chi connectivity index (χ2v) is 8.48. The molecule has 0 aliphatic carbocycles. The van der Waals surface area contributed by atoms with Crippen LogP contribution in [0.15, 0.2) is 24.3 Å². The van der Waals surface area contributed by atoms with Gasteiger partial charge in [-0.05, 0) is 69.0 Å². The fourth-order valence-electron chi connectivity index (χ4n) is 3.76. The van der Waals surface area contributed by atoms with E-state index in [0.717, 1.165) is 31.1 Å². The van der Waals surface area contributed by atoms with E-state index in [1.807, 2.05) is 31.2 Å². The second-order valence-electron chi connectivity index (χ2n) is 8.48. The van der Waals surface area contributed by atoms with Crippen LogP contribution in [-0.4, -0.2) is 49.3 Å². The van der Waals surface area contributed by atoms with E-state index in [2.05, 4.69) is 51.8 Å². The normalized spacial score (nSPS) is 12.1. The van der Waals surface area contributed by atoms with Crippen molar-refractivity contribution in [3.8, 4) is 5.75 Å². The number of hydrogen-bond donors (Lipinski definition) is 1. The highest BCUT2D eigenvalue weighted by Gasteiger charge is 2.40. The lowest BCUT2D eigenvalue weighted by Gasteiger charge is -2.35. The van der Waals surface area contributed by atoms with Gasteiger partial charge in [0.2, 0.25) is 0 Å². The summed E-state index contributed by atoms with van der Waals surface area (Å²) < 4.78 is 11.9. The molecule has 0 spiro atoms. The monoisotopic (exact) mass is 406 g/mol. The van der Waals surface area contributed by atoms with Gasteiger partial charge in [-0.25, -0.2) is 0 Å². The van der Waals surface area contributed by atoms with Gasteiger partial charge in [-0.3, -0.25) is 4.79 Å². The van der Waals surface area contributed by atoms with Crippen LogP contribution in [0.25, 0.3) is 0 Å². The number of likely N-dealkylation sites (N-methyl/N-ethyl adjacent to an activating group) is 1. The fraction of sp³-hybridized carbons (Fsp3) is 0.708. The van der Waals surface area contributed by atoms with Crippen molar-refractivity contribution in [1.29, 1.82) is 0 Å². The largest absolute Gasteiger partial charge is 0.492 e. The average Bonchev–Trinajstić information content (AvgIpc) is 2.65. The molecule has 0 atom stereocenters. The summed E-state index contributed by atoms with van der Waals surface area (Å²) in [6.07, 6.45) is 1.41. The average molecular weight is 407 g/mol. The van der Waals surface area contributed by atoms with Crippen LogP contribution in [0.4, 0.5) is 5.69 Å². The Bertz CT molecular complexity index is 570. The molecule has 0 aliphatic heterocycles. The lowest BCUT2D eigenvalue weighted by molar-refractivity contribution is -0.146. The van der Waals surface area contributed by atoms with Gasteiger partial charge in [0.05, 0.1) is 0 Å². The van der Waals surface area contributed by atoms with Gasteiger partial charge >= 0.3 is 0 Å². The maximum atomic E-state index is 13.2. The predicted molar refractivity (Wildman–Crippen MR) is 122 cm³/mol. The summed E-state index contributed by atoms with van der Waals surface area (Å²) in [7, 11) is 0. The van der Waals surface area contributed by atoms with Crippen LogP contribution in [0.1, 0.15) is 61.3 Å². The van der Waals surface area contributed by atoms with Crippen molar-refractivity contribution in [3.63, 3.8) is 0 Å². The van der Waals surface area contributed by atoms with Crippen LogP contribution in [0.2, 0.25) is 0 Å². The Morgan fingerprint density at radius 1 is 1.00 bits per heavy atom. The number of anilines is 1. The number of nitrogens with one attached hydrogen (secondary N) is 1. The van der Waals surface area contributed by atoms with Crippen molar-refractivity contribution in [2.75, 3.05) is 38.2 Å². The van der Waals surface area contributed by atoms with E-state index in [-0.39, 0.29) is 5.91 Å². The van der Waals surface area contributed by atoms with Crippen molar-refractivity contribution in [2.45, 2.75) is 66.9 Å². The third-order valence-corrected chi connectivity index (χ3v) is 4.99. The van der Waals surface area contributed by atoms with Crippen LogP contribution >= 0.6 is 0 Å². The molecule has 1 aromatic carbocycles. The Morgan fingerprint density at radius 3 is 2.00 bits per heavy atom. The Kier molecular flexibility index (Phi) is 11.3. The van der Waals surface area contributed by atoms with E-state index in [0.29, 0.717) is 37.9 Å². The molecular weight excluding hydrogens is 364 g/mol. The first kappa shape index (κ1) is 25.4. The summed E-state index contributed by atoms with van der Waals surface area (Å²) in [6.45, 7) is 18.9. The number of carbonyl (C=O) groups excluding carboxylic acids is 1. The first-order valence-corrected chi connectivity index (χ1v) is 11.2. The highest BCUT2D eigenvalue weighted by molar-refractivity contribution is 5.97. The van der Waals surface area contributed by atoms with Gasteiger partial charge in [-0.15, -0.1) is 0 Å². The smallest absolute Gasteiger partial charge is 0.256 e. The van der Waals surface area contributed by atoms with Crippen molar-refractivity contribution >= 4 is 11.6 Å². The standard InChI is InChI=1S/C24H42N2O3/c1-8-26(9-2)15-16-28-22-13-11-21(12-14-22)25-23(27)24(29-10-3,17-19(4)5)18-20(6)7/h11-14,19-20H,8-10,15-18H2,1-7H3,(H,25,27). The molecule has 29 heavy (non-hydrogen) atoms. The molecule has 0 heterocycles. The number of nitrogens with zero attached hydrogens (tertiary/aromatic N) is 1. The zero-order valence-corrected chi connectivity index (χ0v) is 19.6. The SMILES string of the molecule is CCOC(CC(C)C)(CC(C)C)C(=O)Nc1ccc(OCCN(CC)CC)cc1. The molecule has 1 aromatic rings. The summed E-state index contributed by atoms with van der Waals surface area (Å²) >= 11 is 0. The third kappa shape index (κ3) is 8.75. The minimum absolute atomic E-state index is 0.0584.